The molecule has 6 nitrogen and oxygen atoms in total. The molecule has 2 aliphatic rings. The molecule has 0 radical (unpaired) electrons. The lowest BCUT2D eigenvalue weighted by atomic mass is 9.90. The Hall–Kier alpha value is -1.77. The van der Waals surface area contributed by atoms with Gasteiger partial charge in [0.15, 0.2) is 11.5 Å². The molecule has 0 amide bonds. The van der Waals surface area contributed by atoms with E-state index in [-0.39, 0.29) is 0 Å². The van der Waals surface area contributed by atoms with E-state index in [1.54, 1.807) is 0 Å². The fourth-order valence-corrected chi connectivity index (χ4v) is 4.74. The van der Waals surface area contributed by atoms with Crippen LogP contribution in [0.2, 0.25) is 0 Å². The number of aryl methyl sites for hydroxylation is 1. The van der Waals surface area contributed by atoms with E-state index < -0.39 is 29.9 Å². The van der Waals surface area contributed by atoms with Crippen LogP contribution in [0, 0.1) is 0 Å². The number of fused-ring (bicyclic) bond motifs is 1. The summed E-state index contributed by atoms with van der Waals surface area (Å²) in [4.78, 5) is 0. The lowest BCUT2D eigenvalue weighted by Gasteiger charge is -2.40. The zero-order valence-electron chi connectivity index (χ0n) is 17.2. The molecule has 3 N–H and O–H groups in total. The zero-order chi connectivity index (χ0) is 21.3. The highest BCUT2D eigenvalue weighted by atomic mass is 32.2. The zero-order valence-corrected chi connectivity index (χ0v) is 18.0. The molecular weight excluding hydrogens is 404 g/mol. The monoisotopic (exact) mass is 432 g/mol. The molecule has 4 rings (SSSR count). The van der Waals surface area contributed by atoms with Gasteiger partial charge in [-0.25, -0.2) is 0 Å². The summed E-state index contributed by atoms with van der Waals surface area (Å²) in [5.41, 5.74) is 3.64. The lowest BCUT2D eigenvalue weighted by molar-refractivity contribution is -0.200. The maximum Gasteiger partial charge on any atom is 0.161 e. The Morgan fingerprint density at radius 2 is 1.67 bits per heavy atom. The third kappa shape index (κ3) is 4.18. The van der Waals surface area contributed by atoms with Crippen LogP contribution in [0.1, 0.15) is 35.3 Å². The molecule has 2 heterocycles. The van der Waals surface area contributed by atoms with Crippen molar-refractivity contribution < 1.29 is 29.5 Å². The summed E-state index contributed by atoms with van der Waals surface area (Å²) in [5, 5.41) is 30.9. The fourth-order valence-electron chi connectivity index (χ4n) is 4.07. The molecule has 0 aliphatic carbocycles. The number of aliphatic hydroxyl groups is 3. The van der Waals surface area contributed by atoms with Gasteiger partial charge in [0.25, 0.3) is 0 Å². The highest BCUT2D eigenvalue weighted by Gasteiger charge is 2.44. The maximum atomic E-state index is 10.5. The van der Waals surface area contributed by atoms with Crippen LogP contribution >= 0.6 is 11.8 Å². The smallest absolute Gasteiger partial charge is 0.161 e. The van der Waals surface area contributed by atoms with Crippen molar-refractivity contribution in [3.63, 3.8) is 0 Å². The number of ether oxygens (including phenoxy) is 3. The Bertz CT molecular complexity index is 886. The molecule has 5 atom stereocenters. The molecule has 162 valence electrons. The highest BCUT2D eigenvalue weighted by molar-refractivity contribution is 7.99. The van der Waals surface area contributed by atoms with Crippen molar-refractivity contribution in [3.8, 4) is 11.5 Å². The van der Waals surface area contributed by atoms with Crippen LogP contribution in [0.3, 0.4) is 0 Å². The van der Waals surface area contributed by atoms with Crippen LogP contribution < -0.4 is 9.47 Å². The Labute approximate surface area is 180 Å². The summed E-state index contributed by atoms with van der Waals surface area (Å²) >= 11 is 1.32. The van der Waals surface area contributed by atoms with Crippen LogP contribution in [0.4, 0.5) is 0 Å². The van der Waals surface area contributed by atoms with E-state index in [0.29, 0.717) is 19.6 Å². The van der Waals surface area contributed by atoms with Gasteiger partial charge in [0.05, 0.1) is 0 Å². The van der Waals surface area contributed by atoms with Gasteiger partial charge >= 0.3 is 0 Å². The van der Waals surface area contributed by atoms with Gasteiger partial charge in [-0.2, -0.15) is 0 Å². The summed E-state index contributed by atoms with van der Waals surface area (Å²) in [5.74, 6) is 1.53. The van der Waals surface area contributed by atoms with Gasteiger partial charge in [-0.05, 0) is 53.5 Å². The van der Waals surface area contributed by atoms with Crippen molar-refractivity contribution in [2.75, 3.05) is 19.5 Å². The summed E-state index contributed by atoms with van der Waals surface area (Å²) in [6.07, 6.45) is -0.894. The van der Waals surface area contributed by atoms with Gasteiger partial charge in [0.2, 0.25) is 0 Å². The number of aliphatic hydroxyl groups excluding tert-OH is 3. The van der Waals surface area contributed by atoms with Crippen LogP contribution in [-0.2, 0) is 17.6 Å². The van der Waals surface area contributed by atoms with E-state index in [9.17, 15) is 15.3 Å². The number of rotatable bonds is 5. The summed E-state index contributed by atoms with van der Waals surface area (Å²) in [6.45, 7) is 3.22. The molecule has 0 saturated carbocycles. The van der Waals surface area contributed by atoms with Crippen LogP contribution in [-0.4, -0.2) is 58.5 Å². The van der Waals surface area contributed by atoms with Crippen molar-refractivity contribution >= 4 is 11.8 Å². The molecule has 30 heavy (non-hydrogen) atoms. The highest BCUT2D eigenvalue weighted by Crippen LogP contribution is 2.37. The quantitative estimate of drug-likeness (QED) is 0.669. The molecular formula is C23H28O6S. The lowest BCUT2D eigenvalue weighted by Crippen LogP contribution is -2.52. The first-order valence-electron chi connectivity index (χ1n) is 10.2. The molecule has 2 aromatic carbocycles. The molecule has 1 saturated heterocycles. The number of benzene rings is 2. The Balaban J connectivity index is 1.62. The maximum absolute atomic E-state index is 10.5. The molecule has 0 bridgehead atoms. The standard InChI is InChI=1S/C23H28O6S/c1-3-14-5-6-15(22-20(25)19(24)21(26)23(29-22)30-2)12-16(14)10-13-4-7-17-18(11-13)28-9-8-27-17/h4-7,11-12,19-26H,3,8-10H2,1-2H3. The average Bonchev–Trinajstić information content (AvgIpc) is 2.77. The number of hydrogen-bond acceptors (Lipinski definition) is 7. The molecule has 2 aliphatic heterocycles. The molecule has 1 fully saturated rings. The molecule has 7 heteroatoms. The topological polar surface area (TPSA) is 88.4 Å². The first-order chi connectivity index (χ1) is 14.5. The minimum Gasteiger partial charge on any atom is -0.486 e. The van der Waals surface area contributed by atoms with Crippen LogP contribution in [0.25, 0.3) is 0 Å². The Morgan fingerprint density at radius 1 is 0.900 bits per heavy atom. The van der Waals surface area contributed by atoms with Gasteiger partial charge < -0.3 is 29.5 Å². The summed E-state index contributed by atoms with van der Waals surface area (Å²) in [6, 6.07) is 12.0. The van der Waals surface area contributed by atoms with E-state index in [1.165, 1.54) is 17.3 Å². The van der Waals surface area contributed by atoms with Crippen LogP contribution in [0.15, 0.2) is 36.4 Å². The van der Waals surface area contributed by atoms with Crippen LogP contribution in [0.5, 0.6) is 11.5 Å². The first-order valence-corrected chi connectivity index (χ1v) is 11.5. The first kappa shape index (κ1) is 21.5. The normalized spacial score (nSPS) is 28.4. The summed E-state index contributed by atoms with van der Waals surface area (Å²) < 4.78 is 17.2. The van der Waals surface area contributed by atoms with Crippen molar-refractivity contribution in [2.45, 2.75) is 49.6 Å². The van der Waals surface area contributed by atoms with E-state index >= 15 is 0 Å². The van der Waals surface area contributed by atoms with E-state index in [2.05, 4.69) is 6.92 Å². The van der Waals surface area contributed by atoms with Gasteiger partial charge in [-0.15, -0.1) is 11.8 Å². The molecule has 5 unspecified atom stereocenters. The number of thioether (sulfide) groups is 1. The van der Waals surface area contributed by atoms with Crippen molar-refractivity contribution in [1.29, 1.82) is 0 Å². The minimum atomic E-state index is -1.26. The predicted molar refractivity (Wildman–Crippen MR) is 115 cm³/mol. The minimum absolute atomic E-state index is 0.549. The van der Waals surface area contributed by atoms with Gasteiger partial charge in [0.1, 0.15) is 43.1 Å². The predicted octanol–water partition coefficient (Wildman–Crippen LogP) is 2.45. The van der Waals surface area contributed by atoms with E-state index in [0.717, 1.165) is 34.6 Å². The largest absolute Gasteiger partial charge is 0.486 e. The molecule has 0 aromatic heterocycles. The Morgan fingerprint density at radius 3 is 2.40 bits per heavy atom. The van der Waals surface area contributed by atoms with Gasteiger partial charge in [0, 0.05) is 0 Å². The number of hydrogen-bond donors (Lipinski definition) is 3. The van der Waals surface area contributed by atoms with Crippen molar-refractivity contribution in [3.05, 3.63) is 58.7 Å². The van der Waals surface area contributed by atoms with Crippen molar-refractivity contribution in [1.82, 2.24) is 0 Å². The fraction of sp³-hybridized carbons (Fsp3) is 0.478. The second-order valence-corrected chi connectivity index (χ2v) is 8.61. The third-order valence-corrected chi connectivity index (χ3v) is 6.60. The summed E-state index contributed by atoms with van der Waals surface area (Å²) in [7, 11) is 0. The van der Waals surface area contributed by atoms with Gasteiger partial charge in [-0.3, -0.25) is 0 Å². The van der Waals surface area contributed by atoms with E-state index in [1.807, 2.05) is 42.7 Å². The average molecular weight is 433 g/mol. The Kier molecular flexibility index (Phi) is 6.55. The second kappa shape index (κ2) is 9.16. The van der Waals surface area contributed by atoms with Crippen molar-refractivity contribution in [2.24, 2.45) is 0 Å². The molecule has 0 spiro atoms. The van der Waals surface area contributed by atoms with E-state index in [4.69, 9.17) is 14.2 Å². The van der Waals surface area contributed by atoms with Gasteiger partial charge in [-0.1, -0.05) is 31.2 Å². The third-order valence-electron chi connectivity index (χ3n) is 5.74. The SMILES string of the molecule is CCc1ccc(C2OC(SC)C(O)C(O)C2O)cc1Cc1ccc2c(c1)OCCO2. The molecule has 2 aromatic rings. The second-order valence-electron chi connectivity index (χ2n) is 7.67.